The molecule has 0 aliphatic carbocycles. The fourth-order valence-electron chi connectivity index (χ4n) is 0.251. The SMILES string of the molecule is CC(=O)N(C)C(C)Cl. The van der Waals surface area contributed by atoms with Crippen LogP contribution in [0.25, 0.3) is 0 Å². The van der Waals surface area contributed by atoms with E-state index < -0.39 is 0 Å². The van der Waals surface area contributed by atoms with Crippen molar-refractivity contribution in [2.45, 2.75) is 19.3 Å². The van der Waals surface area contributed by atoms with Crippen LogP contribution in [-0.2, 0) is 4.79 Å². The number of carbonyl (C=O) groups excluding carboxylic acids is 1. The summed E-state index contributed by atoms with van der Waals surface area (Å²) in [5.41, 5.74) is -0.201. The average Bonchev–Trinajstić information content (AvgIpc) is 1.64. The molecule has 0 aromatic carbocycles. The van der Waals surface area contributed by atoms with Gasteiger partial charge in [0.1, 0.15) is 5.50 Å². The maximum Gasteiger partial charge on any atom is 0.220 e. The maximum absolute atomic E-state index is 10.4. The summed E-state index contributed by atoms with van der Waals surface area (Å²) in [5, 5.41) is 0. The molecule has 2 nitrogen and oxygen atoms in total. The zero-order valence-corrected chi connectivity index (χ0v) is 6.07. The number of amides is 1. The minimum atomic E-state index is -0.201. The van der Waals surface area contributed by atoms with Crippen LogP contribution in [0, 0.1) is 0 Å². The minimum absolute atomic E-state index is 0.00694. The molecule has 1 atom stereocenters. The van der Waals surface area contributed by atoms with Crippen molar-refractivity contribution in [1.82, 2.24) is 4.90 Å². The molecule has 0 aliphatic heterocycles. The van der Waals surface area contributed by atoms with Gasteiger partial charge in [-0.2, -0.15) is 0 Å². The first-order chi connectivity index (χ1) is 3.55. The van der Waals surface area contributed by atoms with E-state index in [1.165, 1.54) is 11.8 Å². The molecule has 3 heteroatoms. The third kappa shape index (κ3) is 2.17. The molecule has 0 spiro atoms. The van der Waals surface area contributed by atoms with E-state index in [2.05, 4.69) is 0 Å². The van der Waals surface area contributed by atoms with Crippen molar-refractivity contribution in [1.29, 1.82) is 0 Å². The Hall–Kier alpha value is -0.240. The molecule has 8 heavy (non-hydrogen) atoms. The Balaban J connectivity index is 3.64. The van der Waals surface area contributed by atoms with Crippen molar-refractivity contribution in [3.8, 4) is 0 Å². The molecule has 0 aliphatic rings. The fraction of sp³-hybridized carbons (Fsp3) is 0.800. The molecule has 1 amide bonds. The van der Waals surface area contributed by atoms with Crippen LogP contribution >= 0.6 is 11.6 Å². The molecule has 1 unspecified atom stereocenters. The lowest BCUT2D eigenvalue weighted by atomic mass is 10.5. The van der Waals surface area contributed by atoms with Gasteiger partial charge in [-0.3, -0.25) is 4.79 Å². The summed E-state index contributed by atoms with van der Waals surface area (Å²) in [6.07, 6.45) is 0. The lowest BCUT2D eigenvalue weighted by Crippen LogP contribution is -2.28. The second-order valence-corrected chi connectivity index (χ2v) is 2.34. The van der Waals surface area contributed by atoms with E-state index in [9.17, 15) is 4.79 Å². The predicted octanol–water partition coefficient (Wildman–Crippen LogP) is 1.05. The van der Waals surface area contributed by atoms with Crippen molar-refractivity contribution in [3.63, 3.8) is 0 Å². The van der Waals surface area contributed by atoms with Gasteiger partial charge in [-0.1, -0.05) is 11.6 Å². The van der Waals surface area contributed by atoms with Crippen LogP contribution in [-0.4, -0.2) is 23.4 Å². The third-order valence-electron chi connectivity index (χ3n) is 1.03. The van der Waals surface area contributed by atoms with E-state index in [1.54, 1.807) is 14.0 Å². The Labute approximate surface area is 54.4 Å². The van der Waals surface area contributed by atoms with Gasteiger partial charge >= 0.3 is 0 Å². The van der Waals surface area contributed by atoms with E-state index in [0.29, 0.717) is 0 Å². The van der Waals surface area contributed by atoms with Crippen molar-refractivity contribution in [2.75, 3.05) is 7.05 Å². The number of nitrogens with zero attached hydrogens (tertiary/aromatic N) is 1. The molecular formula is C5H10ClNO. The van der Waals surface area contributed by atoms with Crippen LogP contribution in [0.5, 0.6) is 0 Å². The zero-order chi connectivity index (χ0) is 6.73. The Morgan fingerprint density at radius 2 is 2.12 bits per heavy atom. The van der Waals surface area contributed by atoms with Crippen molar-refractivity contribution < 1.29 is 4.79 Å². The Morgan fingerprint density at radius 3 is 2.12 bits per heavy atom. The number of hydrogen-bond acceptors (Lipinski definition) is 1. The van der Waals surface area contributed by atoms with Crippen LogP contribution in [0.4, 0.5) is 0 Å². The molecule has 0 saturated carbocycles. The predicted molar refractivity (Wildman–Crippen MR) is 33.8 cm³/mol. The van der Waals surface area contributed by atoms with Crippen LogP contribution < -0.4 is 0 Å². The zero-order valence-electron chi connectivity index (χ0n) is 5.31. The normalized spacial score (nSPS) is 13.0. The molecular weight excluding hydrogens is 126 g/mol. The Morgan fingerprint density at radius 1 is 1.75 bits per heavy atom. The van der Waals surface area contributed by atoms with Gasteiger partial charge in [-0.05, 0) is 6.92 Å². The van der Waals surface area contributed by atoms with Gasteiger partial charge in [0.05, 0.1) is 0 Å². The largest absolute Gasteiger partial charge is 0.330 e. The van der Waals surface area contributed by atoms with Crippen molar-refractivity contribution in [2.24, 2.45) is 0 Å². The summed E-state index contributed by atoms with van der Waals surface area (Å²) < 4.78 is 0. The van der Waals surface area contributed by atoms with Gasteiger partial charge in [0.25, 0.3) is 0 Å². The number of hydrogen-bond donors (Lipinski definition) is 0. The number of carbonyl (C=O) groups is 1. The highest BCUT2D eigenvalue weighted by molar-refractivity contribution is 6.20. The second kappa shape index (κ2) is 2.92. The summed E-state index contributed by atoms with van der Waals surface area (Å²) in [6, 6.07) is 0. The van der Waals surface area contributed by atoms with Crippen molar-refractivity contribution in [3.05, 3.63) is 0 Å². The highest BCUT2D eigenvalue weighted by Crippen LogP contribution is 1.98. The summed E-state index contributed by atoms with van der Waals surface area (Å²) in [4.78, 5) is 11.9. The lowest BCUT2D eigenvalue weighted by molar-refractivity contribution is -0.127. The molecule has 0 aromatic heterocycles. The smallest absolute Gasteiger partial charge is 0.220 e. The summed E-state index contributed by atoms with van der Waals surface area (Å²) >= 11 is 5.53. The molecule has 0 aromatic rings. The van der Waals surface area contributed by atoms with Gasteiger partial charge in [0.15, 0.2) is 0 Å². The van der Waals surface area contributed by atoms with Gasteiger partial charge < -0.3 is 4.90 Å². The van der Waals surface area contributed by atoms with Gasteiger partial charge in [-0.15, -0.1) is 0 Å². The quantitative estimate of drug-likeness (QED) is 0.389. The van der Waals surface area contributed by atoms with Gasteiger partial charge in [0, 0.05) is 14.0 Å². The minimum Gasteiger partial charge on any atom is -0.330 e. The first-order valence-corrected chi connectivity index (χ1v) is 2.87. The number of rotatable bonds is 1. The molecule has 0 heterocycles. The van der Waals surface area contributed by atoms with Crippen LogP contribution in [0.3, 0.4) is 0 Å². The number of halogens is 1. The molecule has 0 radical (unpaired) electrons. The highest BCUT2D eigenvalue weighted by atomic mass is 35.5. The Bertz CT molecular complexity index is 92.4. The summed E-state index contributed by atoms with van der Waals surface area (Å²) in [5.74, 6) is -0.00694. The van der Waals surface area contributed by atoms with Crippen LogP contribution in [0.1, 0.15) is 13.8 Å². The molecule has 48 valence electrons. The monoisotopic (exact) mass is 135 g/mol. The Kier molecular flexibility index (Phi) is 2.84. The van der Waals surface area contributed by atoms with Crippen LogP contribution in [0.15, 0.2) is 0 Å². The van der Waals surface area contributed by atoms with E-state index in [4.69, 9.17) is 11.6 Å². The second-order valence-electron chi connectivity index (χ2n) is 1.70. The molecule has 0 fully saturated rings. The summed E-state index contributed by atoms with van der Waals surface area (Å²) in [7, 11) is 1.67. The van der Waals surface area contributed by atoms with E-state index in [-0.39, 0.29) is 11.4 Å². The third-order valence-corrected chi connectivity index (χ3v) is 1.32. The van der Waals surface area contributed by atoms with E-state index >= 15 is 0 Å². The van der Waals surface area contributed by atoms with Crippen LogP contribution in [0.2, 0.25) is 0 Å². The van der Waals surface area contributed by atoms with E-state index in [1.807, 2.05) is 0 Å². The highest BCUT2D eigenvalue weighted by Gasteiger charge is 2.05. The molecule has 0 saturated heterocycles. The molecule has 0 bridgehead atoms. The standard InChI is InChI=1S/C5H10ClNO/c1-4(6)7(3)5(2)8/h4H,1-3H3. The average molecular weight is 136 g/mol. The topological polar surface area (TPSA) is 20.3 Å². The number of alkyl halides is 1. The van der Waals surface area contributed by atoms with Gasteiger partial charge in [0.2, 0.25) is 5.91 Å². The van der Waals surface area contributed by atoms with Gasteiger partial charge in [-0.25, -0.2) is 0 Å². The first kappa shape index (κ1) is 7.76. The lowest BCUT2D eigenvalue weighted by Gasteiger charge is -2.16. The molecule has 0 rings (SSSR count). The maximum atomic E-state index is 10.4. The first-order valence-electron chi connectivity index (χ1n) is 2.43. The van der Waals surface area contributed by atoms with Crippen molar-refractivity contribution >= 4 is 17.5 Å². The summed E-state index contributed by atoms with van der Waals surface area (Å²) in [6.45, 7) is 3.24. The fourth-order valence-corrected chi connectivity index (χ4v) is 0.388. The molecule has 0 N–H and O–H groups in total. The van der Waals surface area contributed by atoms with E-state index in [0.717, 1.165) is 0 Å².